The van der Waals surface area contributed by atoms with Crippen LogP contribution in [0.15, 0.2) is 84.4 Å². The van der Waals surface area contributed by atoms with Gasteiger partial charge >= 0.3 is 13.3 Å². The van der Waals surface area contributed by atoms with Crippen LogP contribution in [0, 0.1) is 11.8 Å². The Morgan fingerprint density at radius 1 is 0.909 bits per heavy atom. The quantitative estimate of drug-likeness (QED) is 0.426. The van der Waals surface area contributed by atoms with E-state index in [0.717, 1.165) is 23.3 Å². The maximum absolute atomic E-state index is 13.0. The van der Waals surface area contributed by atoms with Gasteiger partial charge in [0.05, 0.1) is 12.7 Å². The molecule has 4 rings (SSSR count). The third kappa shape index (κ3) is 4.54. The van der Waals surface area contributed by atoms with Gasteiger partial charge in [-0.1, -0.05) is 54.3 Å². The van der Waals surface area contributed by atoms with E-state index in [2.05, 4.69) is 11.8 Å². The standard InChI is InChI=1S/C26H20BF3O3/c1-25(20-13-15-22(32-2)16-14-20)23(17-8-18-6-4-3-5-7-18)24(27(31)33-25)19-9-11-21(12-10-19)26(28,29)30/h3-7,9-16,31H,1-2H3. The van der Waals surface area contributed by atoms with Crippen molar-refractivity contribution in [1.82, 2.24) is 0 Å². The van der Waals surface area contributed by atoms with Crippen LogP contribution in [0.25, 0.3) is 5.47 Å². The van der Waals surface area contributed by atoms with Gasteiger partial charge in [0.25, 0.3) is 0 Å². The van der Waals surface area contributed by atoms with Gasteiger partial charge in [-0.2, -0.15) is 13.2 Å². The molecule has 3 aromatic carbocycles. The van der Waals surface area contributed by atoms with E-state index < -0.39 is 24.5 Å². The van der Waals surface area contributed by atoms with E-state index in [1.54, 1.807) is 26.2 Å². The van der Waals surface area contributed by atoms with Gasteiger partial charge in [-0.05, 0) is 54.4 Å². The Kier molecular flexibility index (Phi) is 6.07. The van der Waals surface area contributed by atoms with Gasteiger partial charge in [0.15, 0.2) is 0 Å². The molecule has 1 atom stereocenters. The minimum absolute atomic E-state index is 0.338. The smallest absolute Gasteiger partial charge is 0.493 e. The number of methoxy groups -OCH3 is 1. The molecule has 7 heteroatoms. The number of hydrogen-bond donors (Lipinski definition) is 1. The number of ether oxygens (including phenoxy) is 1. The van der Waals surface area contributed by atoms with Crippen molar-refractivity contribution in [2.45, 2.75) is 18.7 Å². The van der Waals surface area contributed by atoms with E-state index in [1.165, 1.54) is 12.1 Å². The van der Waals surface area contributed by atoms with Crippen LogP contribution in [0.4, 0.5) is 13.2 Å². The minimum Gasteiger partial charge on any atom is -0.497 e. The molecule has 1 aliphatic heterocycles. The lowest BCUT2D eigenvalue weighted by molar-refractivity contribution is -0.137. The first-order valence-corrected chi connectivity index (χ1v) is 10.2. The summed E-state index contributed by atoms with van der Waals surface area (Å²) < 4.78 is 50.4. The molecule has 1 heterocycles. The average molecular weight is 448 g/mol. The molecule has 1 N–H and O–H groups in total. The van der Waals surface area contributed by atoms with Gasteiger partial charge < -0.3 is 14.4 Å². The van der Waals surface area contributed by atoms with Gasteiger partial charge in [-0.3, -0.25) is 0 Å². The summed E-state index contributed by atoms with van der Waals surface area (Å²) in [6.07, 6.45) is -4.45. The highest BCUT2D eigenvalue weighted by atomic mass is 19.4. The van der Waals surface area contributed by atoms with Crippen LogP contribution in [0.2, 0.25) is 0 Å². The predicted molar refractivity (Wildman–Crippen MR) is 121 cm³/mol. The maximum Gasteiger partial charge on any atom is 0.493 e. The van der Waals surface area contributed by atoms with Crippen LogP contribution in [-0.2, 0) is 16.4 Å². The van der Waals surface area contributed by atoms with Crippen molar-refractivity contribution < 1.29 is 27.6 Å². The first kappa shape index (κ1) is 22.7. The van der Waals surface area contributed by atoms with Crippen molar-refractivity contribution in [2.75, 3.05) is 7.11 Å². The largest absolute Gasteiger partial charge is 0.497 e. The number of alkyl halides is 3. The highest BCUT2D eigenvalue weighted by Gasteiger charge is 2.47. The molecule has 0 aromatic heterocycles. The summed E-state index contributed by atoms with van der Waals surface area (Å²) >= 11 is 0. The lowest BCUT2D eigenvalue weighted by atomic mass is 9.73. The molecule has 0 radical (unpaired) electrons. The maximum atomic E-state index is 13.0. The Balaban J connectivity index is 1.87. The predicted octanol–water partition coefficient (Wildman–Crippen LogP) is 5.48. The lowest BCUT2D eigenvalue weighted by Gasteiger charge is -2.27. The fourth-order valence-corrected chi connectivity index (χ4v) is 3.81. The summed E-state index contributed by atoms with van der Waals surface area (Å²) in [5, 5.41) is 10.8. The van der Waals surface area contributed by atoms with Crippen LogP contribution >= 0.6 is 0 Å². The van der Waals surface area contributed by atoms with E-state index in [9.17, 15) is 18.2 Å². The summed E-state index contributed by atoms with van der Waals surface area (Å²) in [5.41, 5.74) is 0.817. The first-order valence-electron chi connectivity index (χ1n) is 10.2. The molecule has 3 nitrogen and oxygen atoms in total. The molecular formula is C26H20BF3O3. The fourth-order valence-electron chi connectivity index (χ4n) is 3.81. The Hall–Kier alpha value is -3.47. The third-order valence-corrected chi connectivity index (χ3v) is 5.61. The Morgan fingerprint density at radius 2 is 1.55 bits per heavy atom. The Morgan fingerprint density at radius 3 is 2.12 bits per heavy atom. The molecule has 166 valence electrons. The second-order valence-corrected chi connectivity index (χ2v) is 7.71. The molecule has 0 saturated heterocycles. The zero-order valence-corrected chi connectivity index (χ0v) is 18.0. The monoisotopic (exact) mass is 448 g/mol. The van der Waals surface area contributed by atoms with Crippen LogP contribution in [0.3, 0.4) is 0 Å². The molecule has 3 aromatic rings. The molecule has 33 heavy (non-hydrogen) atoms. The highest BCUT2D eigenvalue weighted by molar-refractivity contribution is 6.69. The Labute approximate surface area is 190 Å². The van der Waals surface area contributed by atoms with Crippen LogP contribution in [0.5, 0.6) is 5.75 Å². The van der Waals surface area contributed by atoms with Gasteiger partial charge in [-0.25, -0.2) is 0 Å². The van der Waals surface area contributed by atoms with Gasteiger partial charge in [0.2, 0.25) is 0 Å². The van der Waals surface area contributed by atoms with Crippen molar-refractivity contribution in [1.29, 1.82) is 0 Å². The molecule has 1 unspecified atom stereocenters. The molecule has 0 amide bonds. The second-order valence-electron chi connectivity index (χ2n) is 7.71. The number of benzene rings is 3. The van der Waals surface area contributed by atoms with Crippen LogP contribution in [-0.4, -0.2) is 19.3 Å². The molecular weight excluding hydrogens is 428 g/mol. The SMILES string of the molecule is COc1ccc(C2(C)OB(O)C(c3ccc(C(F)(F)F)cc3)=C2C#Cc2ccccc2)cc1. The van der Waals surface area contributed by atoms with E-state index in [1.807, 2.05) is 42.5 Å². The highest BCUT2D eigenvalue weighted by Crippen LogP contribution is 2.45. The van der Waals surface area contributed by atoms with E-state index in [-0.39, 0.29) is 0 Å². The van der Waals surface area contributed by atoms with Gasteiger partial charge in [-0.15, -0.1) is 0 Å². The van der Waals surface area contributed by atoms with Gasteiger partial charge in [0, 0.05) is 16.6 Å². The Bertz CT molecular complexity index is 1220. The molecule has 1 aliphatic rings. The summed E-state index contributed by atoms with van der Waals surface area (Å²) in [6, 6.07) is 21.1. The van der Waals surface area contributed by atoms with Crippen molar-refractivity contribution >= 4 is 12.6 Å². The summed E-state index contributed by atoms with van der Waals surface area (Å²) in [6.45, 7) is 1.78. The normalized spacial score (nSPS) is 18.2. The zero-order chi connectivity index (χ0) is 23.6. The van der Waals surface area contributed by atoms with E-state index in [0.29, 0.717) is 22.4 Å². The summed E-state index contributed by atoms with van der Waals surface area (Å²) in [4.78, 5) is 0. The topological polar surface area (TPSA) is 38.7 Å². The lowest BCUT2D eigenvalue weighted by Crippen LogP contribution is -2.28. The molecule has 0 spiro atoms. The second kappa shape index (κ2) is 8.82. The molecule has 0 saturated carbocycles. The molecule has 0 bridgehead atoms. The fraction of sp³-hybridized carbons (Fsp3) is 0.154. The van der Waals surface area contributed by atoms with Crippen LogP contribution < -0.4 is 4.74 Å². The van der Waals surface area contributed by atoms with Crippen molar-refractivity contribution in [3.63, 3.8) is 0 Å². The van der Waals surface area contributed by atoms with Crippen molar-refractivity contribution in [3.05, 3.63) is 107 Å². The summed E-state index contributed by atoms with van der Waals surface area (Å²) in [5.74, 6) is 6.87. The molecule has 0 aliphatic carbocycles. The number of rotatable bonds is 3. The van der Waals surface area contributed by atoms with Crippen molar-refractivity contribution in [2.24, 2.45) is 0 Å². The van der Waals surface area contributed by atoms with E-state index in [4.69, 9.17) is 9.39 Å². The van der Waals surface area contributed by atoms with Crippen molar-refractivity contribution in [3.8, 4) is 17.6 Å². The van der Waals surface area contributed by atoms with E-state index >= 15 is 0 Å². The van der Waals surface area contributed by atoms with Gasteiger partial charge in [0.1, 0.15) is 11.4 Å². The molecule has 0 fully saturated rings. The minimum atomic E-state index is -4.45. The average Bonchev–Trinajstić information content (AvgIpc) is 3.08. The number of hydrogen-bond acceptors (Lipinski definition) is 3. The number of halogens is 3. The summed E-state index contributed by atoms with van der Waals surface area (Å²) in [7, 11) is 0.195. The first-order chi connectivity index (χ1) is 15.7. The van der Waals surface area contributed by atoms with Crippen LogP contribution in [0.1, 0.15) is 29.2 Å². The zero-order valence-electron chi connectivity index (χ0n) is 18.0. The third-order valence-electron chi connectivity index (χ3n) is 5.61.